The molecule has 3 aromatic rings. The van der Waals surface area contributed by atoms with Crippen molar-refractivity contribution < 1.29 is 23.4 Å². The highest BCUT2D eigenvalue weighted by Crippen LogP contribution is 2.33. The molecule has 6 nitrogen and oxygen atoms in total. The summed E-state index contributed by atoms with van der Waals surface area (Å²) >= 11 is 0. The van der Waals surface area contributed by atoms with Crippen LogP contribution in [0.3, 0.4) is 0 Å². The quantitative estimate of drug-likeness (QED) is 0.463. The number of pyridine rings is 1. The number of halogens is 1. The standard InChI is InChI=1S/C24H25FN2O4/c1-4-14-30-23-12-11-21(29-3)15-18(23)16-27(17(2)28)22-6-5-13-26-24(22)31-20-9-7-19(25)8-10-20/h5-13,15H,4,14,16H2,1-3H3. The summed E-state index contributed by atoms with van der Waals surface area (Å²) in [5, 5.41) is 0. The van der Waals surface area contributed by atoms with E-state index in [2.05, 4.69) is 4.98 Å². The van der Waals surface area contributed by atoms with Gasteiger partial charge in [0.05, 0.1) is 20.3 Å². The van der Waals surface area contributed by atoms with Crippen molar-refractivity contribution in [3.05, 3.63) is 72.2 Å². The number of ether oxygens (including phenoxy) is 3. The number of methoxy groups -OCH3 is 1. The zero-order valence-electron chi connectivity index (χ0n) is 17.8. The van der Waals surface area contributed by atoms with Gasteiger partial charge in [0, 0.05) is 18.7 Å². The predicted molar refractivity (Wildman–Crippen MR) is 116 cm³/mol. The van der Waals surface area contributed by atoms with Crippen LogP contribution in [0.4, 0.5) is 10.1 Å². The first-order valence-corrected chi connectivity index (χ1v) is 9.98. The maximum absolute atomic E-state index is 13.2. The minimum atomic E-state index is -0.364. The summed E-state index contributed by atoms with van der Waals surface area (Å²) in [7, 11) is 1.59. The highest BCUT2D eigenvalue weighted by Gasteiger charge is 2.20. The molecular weight excluding hydrogens is 399 g/mol. The molecule has 1 aromatic heterocycles. The van der Waals surface area contributed by atoms with Crippen molar-refractivity contribution in [1.82, 2.24) is 4.98 Å². The highest BCUT2D eigenvalue weighted by atomic mass is 19.1. The normalized spacial score (nSPS) is 10.5. The van der Waals surface area contributed by atoms with E-state index in [0.717, 1.165) is 12.0 Å². The first-order valence-electron chi connectivity index (χ1n) is 9.98. The summed E-state index contributed by atoms with van der Waals surface area (Å²) in [6.45, 7) is 4.30. The molecule has 1 heterocycles. The second-order valence-electron chi connectivity index (χ2n) is 6.81. The second kappa shape index (κ2) is 10.4. The molecule has 0 saturated carbocycles. The summed E-state index contributed by atoms with van der Waals surface area (Å²) in [6, 6.07) is 14.6. The Labute approximate surface area is 181 Å². The van der Waals surface area contributed by atoms with Gasteiger partial charge >= 0.3 is 0 Å². The number of aromatic nitrogens is 1. The minimum absolute atomic E-state index is 0.193. The molecule has 0 fully saturated rings. The Morgan fingerprint density at radius 3 is 2.52 bits per heavy atom. The zero-order valence-corrected chi connectivity index (χ0v) is 17.8. The molecule has 0 radical (unpaired) electrons. The molecule has 0 spiro atoms. The minimum Gasteiger partial charge on any atom is -0.497 e. The molecule has 0 bridgehead atoms. The number of nitrogens with zero attached hydrogens (tertiary/aromatic N) is 2. The Bertz CT molecular complexity index is 1020. The fourth-order valence-electron chi connectivity index (χ4n) is 2.98. The van der Waals surface area contributed by atoms with Gasteiger partial charge in [0.25, 0.3) is 0 Å². The molecule has 0 aliphatic carbocycles. The average Bonchev–Trinajstić information content (AvgIpc) is 2.78. The lowest BCUT2D eigenvalue weighted by atomic mass is 10.1. The topological polar surface area (TPSA) is 60.9 Å². The number of hydrogen-bond acceptors (Lipinski definition) is 5. The highest BCUT2D eigenvalue weighted by molar-refractivity contribution is 5.92. The van der Waals surface area contributed by atoms with Crippen molar-refractivity contribution in [1.29, 1.82) is 0 Å². The number of anilines is 1. The Morgan fingerprint density at radius 2 is 1.84 bits per heavy atom. The van der Waals surface area contributed by atoms with Crippen LogP contribution in [0, 0.1) is 5.82 Å². The Morgan fingerprint density at radius 1 is 1.10 bits per heavy atom. The van der Waals surface area contributed by atoms with Crippen LogP contribution in [-0.4, -0.2) is 24.6 Å². The van der Waals surface area contributed by atoms with E-state index >= 15 is 0 Å². The van der Waals surface area contributed by atoms with Gasteiger partial charge < -0.3 is 19.1 Å². The molecule has 162 valence electrons. The summed E-state index contributed by atoms with van der Waals surface area (Å²) in [4.78, 5) is 18.4. The van der Waals surface area contributed by atoms with Gasteiger partial charge in [0.2, 0.25) is 11.8 Å². The maximum Gasteiger partial charge on any atom is 0.243 e. The van der Waals surface area contributed by atoms with Gasteiger partial charge in [0.1, 0.15) is 28.8 Å². The molecule has 7 heteroatoms. The molecule has 1 amide bonds. The third-order valence-corrected chi connectivity index (χ3v) is 4.51. The van der Waals surface area contributed by atoms with Gasteiger partial charge in [0.15, 0.2) is 0 Å². The van der Waals surface area contributed by atoms with E-state index in [1.807, 2.05) is 25.1 Å². The van der Waals surface area contributed by atoms with Crippen molar-refractivity contribution in [2.45, 2.75) is 26.8 Å². The van der Waals surface area contributed by atoms with Gasteiger partial charge in [-0.1, -0.05) is 6.92 Å². The van der Waals surface area contributed by atoms with Crippen LogP contribution in [0.1, 0.15) is 25.8 Å². The van der Waals surface area contributed by atoms with Crippen molar-refractivity contribution in [3.8, 4) is 23.1 Å². The number of benzene rings is 2. The smallest absolute Gasteiger partial charge is 0.243 e. The second-order valence-corrected chi connectivity index (χ2v) is 6.81. The van der Waals surface area contributed by atoms with E-state index in [9.17, 15) is 9.18 Å². The van der Waals surface area contributed by atoms with Gasteiger partial charge in [-0.3, -0.25) is 4.79 Å². The zero-order chi connectivity index (χ0) is 22.2. The van der Waals surface area contributed by atoms with Crippen LogP contribution in [-0.2, 0) is 11.3 Å². The van der Waals surface area contributed by atoms with Crippen LogP contribution in [0.15, 0.2) is 60.8 Å². The predicted octanol–water partition coefficient (Wildman–Crippen LogP) is 5.36. The first-order chi connectivity index (χ1) is 15.0. The third-order valence-electron chi connectivity index (χ3n) is 4.51. The summed E-state index contributed by atoms with van der Waals surface area (Å²) in [5.41, 5.74) is 1.28. The molecule has 0 aliphatic rings. The Balaban J connectivity index is 1.95. The first kappa shape index (κ1) is 22.1. The number of carbonyl (C=O) groups excluding carboxylic acids is 1. The van der Waals surface area contributed by atoms with E-state index in [1.54, 1.807) is 30.3 Å². The third kappa shape index (κ3) is 5.72. The van der Waals surface area contributed by atoms with Crippen molar-refractivity contribution in [2.75, 3.05) is 18.6 Å². The average molecular weight is 424 g/mol. The fraction of sp³-hybridized carbons (Fsp3) is 0.250. The lowest BCUT2D eigenvalue weighted by molar-refractivity contribution is -0.116. The van der Waals surface area contributed by atoms with Gasteiger partial charge in [-0.2, -0.15) is 0 Å². The van der Waals surface area contributed by atoms with Crippen molar-refractivity contribution in [2.24, 2.45) is 0 Å². The molecule has 2 aromatic carbocycles. The van der Waals surface area contributed by atoms with Crippen LogP contribution in [0.25, 0.3) is 0 Å². The van der Waals surface area contributed by atoms with Crippen molar-refractivity contribution >= 4 is 11.6 Å². The van der Waals surface area contributed by atoms with Crippen LogP contribution in [0.2, 0.25) is 0 Å². The number of hydrogen-bond donors (Lipinski definition) is 0. The SMILES string of the molecule is CCCOc1ccc(OC)cc1CN(C(C)=O)c1cccnc1Oc1ccc(F)cc1. The van der Waals surface area contributed by atoms with Crippen LogP contribution in [0.5, 0.6) is 23.1 Å². The van der Waals surface area contributed by atoms with Crippen LogP contribution < -0.4 is 19.1 Å². The monoisotopic (exact) mass is 424 g/mol. The van der Waals surface area contributed by atoms with E-state index in [4.69, 9.17) is 14.2 Å². The maximum atomic E-state index is 13.2. The van der Waals surface area contributed by atoms with Crippen molar-refractivity contribution in [3.63, 3.8) is 0 Å². The molecule has 3 rings (SSSR count). The van der Waals surface area contributed by atoms with E-state index in [-0.39, 0.29) is 24.1 Å². The molecular formula is C24H25FN2O4. The molecule has 0 atom stereocenters. The number of amides is 1. The summed E-state index contributed by atoms with van der Waals surface area (Å²) in [6.07, 6.45) is 2.43. The van der Waals surface area contributed by atoms with Gasteiger partial charge in [-0.15, -0.1) is 0 Å². The van der Waals surface area contributed by atoms with Gasteiger partial charge in [-0.25, -0.2) is 9.37 Å². The molecule has 31 heavy (non-hydrogen) atoms. The number of rotatable bonds is 9. The summed E-state index contributed by atoms with van der Waals surface area (Å²) < 4.78 is 30.3. The van der Waals surface area contributed by atoms with E-state index in [0.29, 0.717) is 29.5 Å². The van der Waals surface area contributed by atoms with E-state index in [1.165, 1.54) is 31.2 Å². The Kier molecular flexibility index (Phi) is 7.43. The fourth-order valence-corrected chi connectivity index (χ4v) is 2.98. The van der Waals surface area contributed by atoms with E-state index < -0.39 is 0 Å². The largest absolute Gasteiger partial charge is 0.497 e. The lowest BCUT2D eigenvalue weighted by Crippen LogP contribution is -2.28. The summed E-state index contributed by atoms with van der Waals surface area (Å²) in [5.74, 6) is 1.44. The molecule has 0 aliphatic heterocycles. The number of carbonyl (C=O) groups is 1. The van der Waals surface area contributed by atoms with Gasteiger partial charge in [-0.05, 0) is 61.0 Å². The Hall–Kier alpha value is -3.61. The molecule has 0 saturated heterocycles. The van der Waals surface area contributed by atoms with Crippen LogP contribution >= 0.6 is 0 Å². The molecule has 0 N–H and O–H groups in total. The molecule has 0 unspecified atom stereocenters. The lowest BCUT2D eigenvalue weighted by Gasteiger charge is -2.24.